The molecule has 0 saturated carbocycles. The van der Waals surface area contributed by atoms with Crippen LogP contribution in [-0.2, 0) is 10.8 Å². The van der Waals surface area contributed by atoms with Gasteiger partial charge in [0.1, 0.15) is 0 Å². The molecule has 0 radical (unpaired) electrons. The molecule has 0 amide bonds. The molecular formula is C36H28N2. The number of fused-ring (bicyclic) bond motifs is 4. The largest absolute Gasteiger partial charge is 0.309 e. The Morgan fingerprint density at radius 1 is 0.447 bits per heavy atom. The molecule has 38 heavy (non-hydrogen) atoms. The van der Waals surface area contributed by atoms with Crippen molar-refractivity contribution in [1.29, 1.82) is 0 Å². The third kappa shape index (κ3) is 2.16. The maximum absolute atomic E-state index is 2.60. The normalized spacial score (nSPS) is 16.3. The van der Waals surface area contributed by atoms with E-state index in [2.05, 4.69) is 134 Å². The highest BCUT2D eigenvalue weighted by atomic mass is 15.0. The van der Waals surface area contributed by atoms with Crippen molar-refractivity contribution in [2.45, 2.75) is 38.5 Å². The summed E-state index contributed by atoms with van der Waals surface area (Å²) in [5, 5.41) is 5.31. The molecule has 5 aromatic carbocycles. The molecule has 0 bridgehead atoms. The maximum Gasteiger partial charge on any atom is 0.0583 e. The number of hydrogen-bond donors (Lipinski definition) is 0. The third-order valence-electron chi connectivity index (χ3n) is 9.66. The number of hydrogen-bond acceptors (Lipinski definition) is 0. The fourth-order valence-electron chi connectivity index (χ4n) is 7.80. The third-order valence-corrected chi connectivity index (χ3v) is 9.66. The summed E-state index contributed by atoms with van der Waals surface area (Å²) in [6.45, 7) is 9.61. The molecule has 2 heteroatoms. The zero-order valence-electron chi connectivity index (χ0n) is 22.1. The molecule has 0 atom stereocenters. The summed E-state index contributed by atoms with van der Waals surface area (Å²) < 4.78 is 5.07. The van der Waals surface area contributed by atoms with Crippen LogP contribution >= 0.6 is 0 Å². The Bertz CT molecular complexity index is 2130. The fourth-order valence-corrected chi connectivity index (χ4v) is 7.80. The highest BCUT2D eigenvalue weighted by Crippen LogP contribution is 2.55. The van der Waals surface area contributed by atoms with Crippen LogP contribution in [0.5, 0.6) is 0 Å². The summed E-state index contributed by atoms with van der Waals surface area (Å²) in [6.07, 6.45) is 0. The highest BCUT2D eigenvalue weighted by molar-refractivity contribution is 6.15. The van der Waals surface area contributed by atoms with Crippen LogP contribution in [-0.4, -0.2) is 9.13 Å². The van der Waals surface area contributed by atoms with E-state index >= 15 is 0 Å². The molecule has 0 saturated heterocycles. The van der Waals surface area contributed by atoms with E-state index in [1.165, 1.54) is 77.2 Å². The van der Waals surface area contributed by atoms with Gasteiger partial charge in [0.05, 0.1) is 27.8 Å². The first-order valence-electron chi connectivity index (χ1n) is 13.6. The van der Waals surface area contributed by atoms with Gasteiger partial charge in [0.15, 0.2) is 0 Å². The molecule has 2 aliphatic rings. The van der Waals surface area contributed by atoms with E-state index in [0.717, 1.165) is 0 Å². The van der Waals surface area contributed by atoms with E-state index in [1.54, 1.807) is 0 Å². The molecule has 4 heterocycles. The minimum absolute atomic E-state index is 0.0571. The van der Waals surface area contributed by atoms with Crippen molar-refractivity contribution in [1.82, 2.24) is 9.13 Å². The molecule has 9 rings (SSSR count). The van der Waals surface area contributed by atoms with Crippen LogP contribution in [0.4, 0.5) is 0 Å². The molecule has 0 spiro atoms. The minimum Gasteiger partial charge on any atom is -0.309 e. The van der Waals surface area contributed by atoms with Crippen molar-refractivity contribution in [2.24, 2.45) is 0 Å². The van der Waals surface area contributed by atoms with Gasteiger partial charge in [-0.2, -0.15) is 0 Å². The first kappa shape index (κ1) is 20.7. The predicted octanol–water partition coefficient (Wildman–Crippen LogP) is 9.16. The summed E-state index contributed by atoms with van der Waals surface area (Å²) in [4.78, 5) is 0. The van der Waals surface area contributed by atoms with E-state index in [4.69, 9.17) is 0 Å². The molecule has 7 aromatic rings. The maximum atomic E-state index is 2.60. The van der Waals surface area contributed by atoms with Crippen molar-refractivity contribution in [3.8, 4) is 11.4 Å². The van der Waals surface area contributed by atoms with Crippen molar-refractivity contribution in [3.05, 3.63) is 119 Å². The topological polar surface area (TPSA) is 9.86 Å². The molecular weight excluding hydrogens is 460 g/mol. The molecule has 0 aliphatic carbocycles. The van der Waals surface area contributed by atoms with Crippen LogP contribution < -0.4 is 0 Å². The summed E-state index contributed by atoms with van der Waals surface area (Å²) >= 11 is 0. The lowest BCUT2D eigenvalue weighted by atomic mass is 9.69. The van der Waals surface area contributed by atoms with E-state index in [0.29, 0.717) is 0 Å². The van der Waals surface area contributed by atoms with Crippen LogP contribution in [0.3, 0.4) is 0 Å². The van der Waals surface area contributed by atoms with Gasteiger partial charge in [0.25, 0.3) is 0 Å². The van der Waals surface area contributed by atoms with E-state index < -0.39 is 0 Å². The standard InChI is InChI=1S/C36H28N2/c1-35(2)26-14-9-13-24-25-19-21(37-30-17-7-5-11-22(30)23-12-6-8-18-31(23)37)20-29-33(25)38(32(24)26)34-27(35)15-10-16-28(34)36(29,3)4/h5-20H,1-4H3. The van der Waals surface area contributed by atoms with Crippen LogP contribution in [0.1, 0.15) is 49.9 Å². The fraction of sp³-hybridized carbons (Fsp3) is 0.167. The number of para-hydroxylation sites is 4. The molecule has 2 nitrogen and oxygen atoms in total. The number of rotatable bonds is 1. The Morgan fingerprint density at radius 2 is 0.974 bits per heavy atom. The van der Waals surface area contributed by atoms with Crippen LogP contribution in [0.25, 0.3) is 55.0 Å². The van der Waals surface area contributed by atoms with Crippen molar-refractivity contribution >= 4 is 43.6 Å². The quantitative estimate of drug-likeness (QED) is 0.218. The molecule has 0 unspecified atom stereocenters. The SMILES string of the molecule is CC1(C)c2cccc3c2-n2c4c1cccc4c1cc(-n4c5ccccc5c5ccccc54)cc(c12)C3(C)C. The summed E-state index contributed by atoms with van der Waals surface area (Å²) in [6, 6.07) is 36.5. The lowest BCUT2D eigenvalue weighted by molar-refractivity contribution is 0.593. The van der Waals surface area contributed by atoms with Crippen LogP contribution in [0.15, 0.2) is 97.1 Å². The van der Waals surface area contributed by atoms with E-state index in [1.807, 2.05) is 0 Å². The number of nitrogens with zero attached hydrogens (tertiary/aromatic N) is 2. The zero-order chi connectivity index (χ0) is 25.6. The molecule has 182 valence electrons. The summed E-state index contributed by atoms with van der Waals surface area (Å²) in [5.74, 6) is 0. The summed E-state index contributed by atoms with van der Waals surface area (Å²) in [7, 11) is 0. The number of aromatic nitrogens is 2. The van der Waals surface area contributed by atoms with Crippen molar-refractivity contribution in [3.63, 3.8) is 0 Å². The summed E-state index contributed by atoms with van der Waals surface area (Å²) in [5.41, 5.74) is 13.4. The average Bonchev–Trinajstić information content (AvgIpc) is 3.44. The Labute approximate surface area is 221 Å². The van der Waals surface area contributed by atoms with E-state index in [-0.39, 0.29) is 10.8 Å². The van der Waals surface area contributed by atoms with Gasteiger partial charge in [-0.25, -0.2) is 0 Å². The minimum atomic E-state index is -0.129. The van der Waals surface area contributed by atoms with Crippen LogP contribution in [0, 0.1) is 0 Å². The van der Waals surface area contributed by atoms with Gasteiger partial charge in [-0.3, -0.25) is 0 Å². The number of benzene rings is 5. The van der Waals surface area contributed by atoms with Gasteiger partial charge in [0.2, 0.25) is 0 Å². The van der Waals surface area contributed by atoms with Gasteiger partial charge in [0, 0.05) is 38.1 Å². The Hall–Kier alpha value is -4.30. The average molecular weight is 489 g/mol. The monoisotopic (exact) mass is 488 g/mol. The molecule has 2 aliphatic heterocycles. The molecule has 0 N–H and O–H groups in total. The van der Waals surface area contributed by atoms with Gasteiger partial charge in [-0.05, 0) is 46.5 Å². The lowest BCUT2D eigenvalue weighted by Crippen LogP contribution is -2.33. The van der Waals surface area contributed by atoms with Crippen molar-refractivity contribution < 1.29 is 0 Å². The Kier molecular flexibility index (Phi) is 3.49. The molecule has 0 fully saturated rings. The van der Waals surface area contributed by atoms with Gasteiger partial charge >= 0.3 is 0 Å². The Balaban J connectivity index is 1.53. The lowest BCUT2D eigenvalue weighted by Gasteiger charge is -2.42. The smallest absolute Gasteiger partial charge is 0.0583 e. The van der Waals surface area contributed by atoms with E-state index in [9.17, 15) is 0 Å². The second kappa shape index (κ2) is 6.39. The van der Waals surface area contributed by atoms with Crippen molar-refractivity contribution in [2.75, 3.05) is 0 Å². The second-order valence-electron chi connectivity index (χ2n) is 12.2. The van der Waals surface area contributed by atoms with Crippen LogP contribution in [0.2, 0.25) is 0 Å². The van der Waals surface area contributed by atoms with Gasteiger partial charge in [-0.15, -0.1) is 0 Å². The molecule has 2 aromatic heterocycles. The first-order chi connectivity index (χ1) is 18.4. The highest BCUT2D eigenvalue weighted by Gasteiger charge is 2.43. The second-order valence-corrected chi connectivity index (χ2v) is 12.2. The van der Waals surface area contributed by atoms with Gasteiger partial charge in [-0.1, -0.05) is 100 Å². The zero-order valence-corrected chi connectivity index (χ0v) is 22.1. The van der Waals surface area contributed by atoms with Gasteiger partial charge < -0.3 is 9.13 Å². The predicted molar refractivity (Wildman–Crippen MR) is 159 cm³/mol. The first-order valence-corrected chi connectivity index (χ1v) is 13.6. The Morgan fingerprint density at radius 3 is 1.66 bits per heavy atom.